The molecule has 0 saturated heterocycles. The third kappa shape index (κ3) is 2.96. The number of hydrogen-bond donors (Lipinski definition) is 0. The maximum Gasteiger partial charge on any atom is 0.343 e. The SMILES string of the molecule is O=C(Oc1ccc(Cl)cc1Cl)c1ccc2nccnc2c1. The van der Waals surface area contributed by atoms with E-state index >= 15 is 0 Å². The number of esters is 1. The van der Waals surface area contributed by atoms with Crippen molar-refractivity contribution in [2.24, 2.45) is 0 Å². The first-order chi connectivity index (χ1) is 10.1. The number of carbonyl (C=O) groups excluding carboxylic acids is 1. The minimum Gasteiger partial charge on any atom is -0.421 e. The standard InChI is InChI=1S/C15H8Cl2N2O2/c16-10-2-4-14(11(17)8-10)21-15(20)9-1-3-12-13(7-9)19-6-5-18-12/h1-8H. The molecular weight excluding hydrogens is 311 g/mol. The average molecular weight is 319 g/mol. The van der Waals surface area contributed by atoms with Gasteiger partial charge >= 0.3 is 5.97 Å². The summed E-state index contributed by atoms with van der Waals surface area (Å²) in [6.45, 7) is 0. The summed E-state index contributed by atoms with van der Waals surface area (Å²) >= 11 is 11.8. The van der Waals surface area contributed by atoms with E-state index in [1.54, 1.807) is 42.7 Å². The number of rotatable bonds is 2. The van der Waals surface area contributed by atoms with E-state index in [1.807, 2.05) is 0 Å². The summed E-state index contributed by atoms with van der Waals surface area (Å²) in [5, 5.41) is 0.747. The molecule has 0 spiro atoms. The molecule has 3 aromatic rings. The maximum absolute atomic E-state index is 12.1. The minimum atomic E-state index is -0.522. The van der Waals surface area contributed by atoms with Crippen molar-refractivity contribution in [3.05, 3.63) is 64.4 Å². The van der Waals surface area contributed by atoms with Crippen LogP contribution in [0.4, 0.5) is 0 Å². The minimum absolute atomic E-state index is 0.255. The first kappa shape index (κ1) is 13.8. The number of halogens is 2. The highest BCUT2D eigenvalue weighted by Gasteiger charge is 2.12. The number of ether oxygens (including phenoxy) is 1. The molecule has 0 unspecified atom stereocenters. The molecule has 0 aliphatic rings. The van der Waals surface area contributed by atoms with E-state index in [4.69, 9.17) is 27.9 Å². The Hall–Kier alpha value is -2.17. The molecule has 0 amide bonds. The topological polar surface area (TPSA) is 52.1 Å². The lowest BCUT2D eigenvalue weighted by Crippen LogP contribution is -2.08. The normalized spacial score (nSPS) is 10.6. The van der Waals surface area contributed by atoms with Crippen LogP contribution in [-0.2, 0) is 0 Å². The smallest absolute Gasteiger partial charge is 0.343 e. The van der Waals surface area contributed by atoms with Crippen LogP contribution < -0.4 is 4.74 Å². The van der Waals surface area contributed by atoms with Crippen molar-refractivity contribution >= 4 is 40.2 Å². The Bertz CT molecular complexity index is 837. The monoisotopic (exact) mass is 318 g/mol. The zero-order valence-electron chi connectivity index (χ0n) is 10.6. The largest absolute Gasteiger partial charge is 0.421 e. The second-order valence-corrected chi connectivity index (χ2v) is 5.07. The molecule has 0 fully saturated rings. The van der Waals surface area contributed by atoms with E-state index in [1.165, 1.54) is 6.07 Å². The predicted molar refractivity (Wildman–Crippen MR) is 81.0 cm³/mol. The summed E-state index contributed by atoms with van der Waals surface area (Å²) in [4.78, 5) is 20.4. The number of nitrogens with zero attached hydrogens (tertiary/aromatic N) is 2. The van der Waals surface area contributed by atoms with Gasteiger partial charge in [0, 0.05) is 17.4 Å². The summed E-state index contributed by atoms with van der Waals surface area (Å²) in [5.41, 5.74) is 1.70. The number of carbonyl (C=O) groups is 1. The van der Waals surface area contributed by atoms with Gasteiger partial charge in [0.15, 0.2) is 0 Å². The molecule has 0 N–H and O–H groups in total. The quantitative estimate of drug-likeness (QED) is 0.526. The van der Waals surface area contributed by atoms with Crippen LogP contribution in [0.3, 0.4) is 0 Å². The molecule has 0 aliphatic carbocycles. The van der Waals surface area contributed by atoms with Gasteiger partial charge in [0.25, 0.3) is 0 Å². The van der Waals surface area contributed by atoms with E-state index in [-0.39, 0.29) is 10.8 Å². The summed E-state index contributed by atoms with van der Waals surface area (Å²) < 4.78 is 5.26. The van der Waals surface area contributed by atoms with Gasteiger partial charge in [0.2, 0.25) is 0 Å². The van der Waals surface area contributed by atoms with Crippen molar-refractivity contribution in [3.8, 4) is 5.75 Å². The lowest BCUT2D eigenvalue weighted by molar-refractivity contribution is 0.0735. The zero-order valence-corrected chi connectivity index (χ0v) is 12.1. The van der Waals surface area contributed by atoms with Crippen LogP contribution in [0.25, 0.3) is 11.0 Å². The number of hydrogen-bond acceptors (Lipinski definition) is 4. The van der Waals surface area contributed by atoms with Crippen molar-refractivity contribution in [1.82, 2.24) is 9.97 Å². The molecule has 1 aromatic heterocycles. The third-order valence-corrected chi connectivity index (χ3v) is 3.33. The van der Waals surface area contributed by atoms with Gasteiger partial charge in [-0.1, -0.05) is 23.2 Å². The highest BCUT2D eigenvalue weighted by Crippen LogP contribution is 2.28. The Kier molecular flexibility index (Phi) is 3.73. The number of aromatic nitrogens is 2. The van der Waals surface area contributed by atoms with Gasteiger partial charge < -0.3 is 4.74 Å². The fourth-order valence-corrected chi connectivity index (χ4v) is 2.25. The molecule has 6 heteroatoms. The second-order valence-electron chi connectivity index (χ2n) is 4.22. The Balaban J connectivity index is 1.89. The molecule has 0 radical (unpaired) electrons. The molecule has 21 heavy (non-hydrogen) atoms. The Morgan fingerprint density at radius 1 is 0.952 bits per heavy atom. The van der Waals surface area contributed by atoms with Crippen LogP contribution in [0, 0.1) is 0 Å². The highest BCUT2D eigenvalue weighted by atomic mass is 35.5. The molecule has 3 rings (SSSR count). The van der Waals surface area contributed by atoms with E-state index < -0.39 is 5.97 Å². The van der Waals surface area contributed by atoms with Crippen molar-refractivity contribution in [2.45, 2.75) is 0 Å². The second kappa shape index (κ2) is 5.68. The predicted octanol–water partition coefficient (Wildman–Crippen LogP) is 4.16. The fourth-order valence-electron chi connectivity index (χ4n) is 1.81. The Morgan fingerprint density at radius 2 is 1.71 bits per heavy atom. The molecule has 0 atom stereocenters. The number of benzene rings is 2. The molecule has 2 aromatic carbocycles. The average Bonchev–Trinajstić information content (AvgIpc) is 2.49. The summed E-state index contributed by atoms with van der Waals surface area (Å²) in [6, 6.07) is 9.61. The molecule has 0 aliphatic heterocycles. The molecule has 1 heterocycles. The van der Waals surface area contributed by atoms with Crippen molar-refractivity contribution in [1.29, 1.82) is 0 Å². The van der Waals surface area contributed by atoms with Crippen LogP contribution in [-0.4, -0.2) is 15.9 Å². The zero-order chi connectivity index (χ0) is 14.8. The van der Waals surface area contributed by atoms with Crippen LogP contribution in [0.1, 0.15) is 10.4 Å². The lowest BCUT2D eigenvalue weighted by Gasteiger charge is -2.07. The maximum atomic E-state index is 12.1. The first-order valence-electron chi connectivity index (χ1n) is 6.01. The van der Waals surface area contributed by atoms with Gasteiger partial charge in [-0.05, 0) is 36.4 Å². The molecule has 104 valence electrons. The molecule has 4 nitrogen and oxygen atoms in total. The van der Waals surface area contributed by atoms with Crippen molar-refractivity contribution in [2.75, 3.05) is 0 Å². The van der Waals surface area contributed by atoms with Gasteiger partial charge in [-0.25, -0.2) is 4.79 Å². The van der Waals surface area contributed by atoms with Crippen LogP contribution in [0.5, 0.6) is 5.75 Å². The molecular formula is C15H8Cl2N2O2. The van der Waals surface area contributed by atoms with Gasteiger partial charge in [-0.3, -0.25) is 9.97 Å². The van der Waals surface area contributed by atoms with Gasteiger partial charge in [-0.15, -0.1) is 0 Å². The van der Waals surface area contributed by atoms with Crippen molar-refractivity contribution in [3.63, 3.8) is 0 Å². The van der Waals surface area contributed by atoms with E-state index in [0.29, 0.717) is 21.6 Å². The van der Waals surface area contributed by atoms with Gasteiger partial charge in [0.05, 0.1) is 21.6 Å². The summed E-state index contributed by atoms with van der Waals surface area (Å²) in [7, 11) is 0. The lowest BCUT2D eigenvalue weighted by atomic mass is 10.2. The van der Waals surface area contributed by atoms with E-state index in [2.05, 4.69) is 9.97 Å². The van der Waals surface area contributed by atoms with Crippen LogP contribution >= 0.6 is 23.2 Å². The molecule has 0 saturated carbocycles. The summed E-state index contributed by atoms with van der Waals surface area (Å²) in [5.74, 6) is -0.267. The first-order valence-corrected chi connectivity index (χ1v) is 6.77. The Morgan fingerprint density at radius 3 is 2.48 bits per heavy atom. The van der Waals surface area contributed by atoms with Crippen LogP contribution in [0.2, 0.25) is 10.0 Å². The number of fused-ring (bicyclic) bond motifs is 1. The fraction of sp³-hybridized carbons (Fsp3) is 0. The van der Waals surface area contributed by atoms with Crippen molar-refractivity contribution < 1.29 is 9.53 Å². The summed E-state index contributed by atoms with van der Waals surface area (Å²) in [6.07, 6.45) is 3.15. The molecule has 0 bridgehead atoms. The van der Waals surface area contributed by atoms with E-state index in [9.17, 15) is 4.79 Å². The Labute approximate surface area is 130 Å². The highest BCUT2D eigenvalue weighted by molar-refractivity contribution is 6.35. The third-order valence-electron chi connectivity index (χ3n) is 2.80. The van der Waals surface area contributed by atoms with Crippen LogP contribution in [0.15, 0.2) is 48.8 Å². The van der Waals surface area contributed by atoms with E-state index in [0.717, 1.165) is 0 Å². The van der Waals surface area contributed by atoms with Gasteiger partial charge in [0.1, 0.15) is 5.75 Å². The van der Waals surface area contributed by atoms with Gasteiger partial charge in [-0.2, -0.15) is 0 Å².